The maximum atomic E-state index is 12.4. The molecule has 5 heterocycles. The van der Waals surface area contributed by atoms with E-state index < -0.39 is 5.60 Å². The predicted molar refractivity (Wildman–Crippen MR) is 149 cm³/mol. The van der Waals surface area contributed by atoms with E-state index in [1.165, 1.54) is 5.56 Å². The molecule has 6 rings (SSSR count). The normalized spacial score (nSPS) is 20.7. The highest BCUT2D eigenvalue weighted by molar-refractivity contribution is 6.32. The number of rotatable bonds is 3. The molecule has 4 aliphatic rings. The fourth-order valence-electron chi connectivity index (χ4n) is 5.81. The minimum Gasteiger partial charge on any atom is -0.485 e. The molecule has 4 aliphatic heterocycles. The quantitative estimate of drug-likeness (QED) is 0.590. The first kappa shape index (κ1) is 26.4. The zero-order valence-corrected chi connectivity index (χ0v) is 23.7. The number of carbonyl (C=O) groups excluding carboxylic acids is 1. The van der Waals surface area contributed by atoms with Gasteiger partial charge < -0.3 is 29.3 Å². The summed E-state index contributed by atoms with van der Waals surface area (Å²) in [5.74, 6) is 2.69. The Morgan fingerprint density at radius 1 is 1.10 bits per heavy atom. The van der Waals surface area contributed by atoms with Gasteiger partial charge >= 0.3 is 6.09 Å². The number of benzene rings is 1. The number of nitrogens with one attached hydrogen (secondary N) is 1. The van der Waals surface area contributed by atoms with Crippen LogP contribution in [0.2, 0.25) is 5.02 Å². The summed E-state index contributed by atoms with van der Waals surface area (Å²) in [6, 6.07) is 4.68. The number of carbonyl (C=O) groups is 1. The lowest BCUT2D eigenvalue weighted by atomic mass is 9.87. The molecule has 210 valence electrons. The van der Waals surface area contributed by atoms with E-state index in [1.807, 2.05) is 31.7 Å². The summed E-state index contributed by atoms with van der Waals surface area (Å²) in [4.78, 5) is 28.1. The number of ether oxygens (including phenoxy) is 3. The summed E-state index contributed by atoms with van der Waals surface area (Å²) < 4.78 is 17.3. The molecule has 1 aromatic carbocycles. The van der Waals surface area contributed by atoms with Crippen LogP contribution in [-0.2, 0) is 16.1 Å². The highest BCUT2D eigenvalue weighted by Crippen LogP contribution is 2.44. The van der Waals surface area contributed by atoms with Crippen LogP contribution in [0, 0.1) is 0 Å². The Morgan fingerprint density at radius 3 is 2.56 bits per heavy atom. The van der Waals surface area contributed by atoms with Gasteiger partial charge in [0.1, 0.15) is 30.2 Å². The van der Waals surface area contributed by atoms with Gasteiger partial charge in [-0.15, -0.1) is 0 Å². The molecule has 1 amide bonds. The van der Waals surface area contributed by atoms with Crippen LogP contribution in [0.5, 0.6) is 5.75 Å². The van der Waals surface area contributed by atoms with E-state index in [2.05, 4.69) is 31.2 Å². The number of morpholine rings is 1. The van der Waals surface area contributed by atoms with E-state index in [4.69, 9.17) is 25.8 Å². The molecule has 3 saturated heterocycles. The number of anilines is 3. The number of aromatic nitrogens is 2. The lowest BCUT2D eigenvalue weighted by Crippen LogP contribution is -2.55. The Bertz CT molecular complexity index is 1220. The van der Waals surface area contributed by atoms with Gasteiger partial charge in [-0.2, -0.15) is 0 Å². The van der Waals surface area contributed by atoms with Crippen molar-refractivity contribution in [1.29, 1.82) is 0 Å². The minimum absolute atomic E-state index is 0.208. The van der Waals surface area contributed by atoms with E-state index in [0.29, 0.717) is 42.6 Å². The van der Waals surface area contributed by atoms with Crippen LogP contribution in [0.4, 0.5) is 22.1 Å². The van der Waals surface area contributed by atoms with E-state index in [0.717, 1.165) is 75.0 Å². The van der Waals surface area contributed by atoms with Crippen LogP contribution in [-0.4, -0.2) is 90.0 Å². The van der Waals surface area contributed by atoms with Crippen LogP contribution < -0.4 is 15.0 Å². The Labute approximate surface area is 234 Å². The van der Waals surface area contributed by atoms with E-state index in [9.17, 15) is 4.79 Å². The smallest absolute Gasteiger partial charge is 0.410 e. The fourth-order valence-corrected chi connectivity index (χ4v) is 6.10. The van der Waals surface area contributed by atoms with Crippen molar-refractivity contribution in [2.24, 2.45) is 0 Å². The topological polar surface area (TPSA) is 92.3 Å². The van der Waals surface area contributed by atoms with E-state index in [1.54, 1.807) is 6.33 Å². The van der Waals surface area contributed by atoms with Gasteiger partial charge in [-0.3, -0.25) is 4.90 Å². The molecule has 1 aromatic heterocycles. The Hall–Kier alpha value is -2.82. The number of piperidine rings is 1. The summed E-state index contributed by atoms with van der Waals surface area (Å²) in [5, 5.41) is 4.10. The van der Waals surface area contributed by atoms with Gasteiger partial charge in [-0.1, -0.05) is 11.6 Å². The SMILES string of the molecule is CC(C)(C)OC(=O)N1CCC(N2CC(c3cc(Cl)c4c(c3)Nc3ncnc(N5CCOCC5)c3CO4)C2)CC1. The average molecular weight is 557 g/mol. The molecule has 2 aromatic rings. The molecule has 0 saturated carbocycles. The monoisotopic (exact) mass is 556 g/mol. The van der Waals surface area contributed by atoms with Crippen molar-refractivity contribution in [3.05, 3.63) is 34.6 Å². The third kappa shape index (κ3) is 5.60. The highest BCUT2D eigenvalue weighted by atomic mass is 35.5. The Morgan fingerprint density at radius 2 is 1.85 bits per heavy atom. The van der Waals surface area contributed by atoms with Gasteiger partial charge in [0.25, 0.3) is 0 Å². The summed E-state index contributed by atoms with van der Waals surface area (Å²) in [5.41, 5.74) is 2.50. The molecule has 10 nitrogen and oxygen atoms in total. The highest BCUT2D eigenvalue weighted by Gasteiger charge is 2.37. The Kier molecular flexibility index (Phi) is 7.20. The maximum Gasteiger partial charge on any atom is 0.410 e. The summed E-state index contributed by atoms with van der Waals surface area (Å²) in [7, 11) is 0. The van der Waals surface area contributed by atoms with Crippen LogP contribution in [0.15, 0.2) is 18.5 Å². The standard InChI is InChI=1S/C28H37ClN6O4/c1-28(2,3)39-27(36)34-6-4-20(5-7-34)35-14-19(15-35)18-12-22(29)24-23(13-18)32-25-21(16-38-24)26(31-17-30-25)33-8-10-37-11-9-33/h12-13,17,19-20H,4-11,14-16H2,1-3H3,(H,30,31,32). The molecule has 0 spiro atoms. The van der Waals surface area contributed by atoms with Crippen LogP contribution in [0.3, 0.4) is 0 Å². The van der Waals surface area contributed by atoms with Crippen molar-refractivity contribution >= 4 is 35.0 Å². The zero-order chi connectivity index (χ0) is 27.1. The van der Waals surface area contributed by atoms with Gasteiger partial charge in [-0.05, 0) is 51.3 Å². The number of amides is 1. The van der Waals surface area contributed by atoms with E-state index in [-0.39, 0.29) is 6.09 Å². The number of likely N-dealkylation sites (tertiary alicyclic amines) is 2. The largest absolute Gasteiger partial charge is 0.485 e. The molecule has 39 heavy (non-hydrogen) atoms. The van der Waals surface area contributed by atoms with Crippen molar-refractivity contribution < 1.29 is 19.0 Å². The molecular weight excluding hydrogens is 520 g/mol. The lowest BCUT2D eigenvalue weighted by molar-refractivity contribution is 0.00591. The first-order valence-electron chi connectivity index (χ1n) is 13.9. The number of hydrogen-bond donors (Lipinski definition) is 1. The van der Waals surface area contributed by atoms with Gasteiger partial charge in [-0.25, -0.2) is 14.8 Å². The maximum absolute atomic E-state index is 12.4. The van der Waals surface area contributed by atoms with Gasteiger partial charge in [0.2, 0.25) is 0 Å². The number of nitrogens with zero attached hydrogens (tertiary/aromatic N) is 5. The van der Waals surface area contributed by atoms with Crippen LogP contribution >= 0.6 is 11.6 Å². The zero-order valence-electron chi connectivity index (χ0n) is 22.9. The fraction of sp³-hybridized carbons (Fsp3) is 0.607. The van der Waals surface area contributed by atoms with Crippen LogP contribution in [0.25, 0.3) is 0 Å². The van der Waals surface area contributed by atoms with Gasteiger partial charge in [0.15, 0.2) is 5.75 Å². The number of hydrogen-bond acceptors (Lipinski definition) is 9. The van der Waals surface area contributed by atoms with Crippen molar-refractivity contribution in [3.63, 3.8) is 0 Å². The Balaban J connectivity index is 1.10. The van der Waals surface area contributed by atoms with E-state index >= 15 is 0 Å². The molecule has 0 atom stereocenters. The first-order valence-corrected chi connectivity index (χ1v) is 14.2. The second kappa shape index (κ2) is 10.6. The third-order valence-corrected chi connectivity index (χ3v) is 8.21. The summed E-state index contributed by atoms with van der Waals surface area (Å²) in [6.07, 6.45) is 3.33. The molecule has 1 N–H and O–H groups in total. The van der Waals surface area contributed by atoms with Crippen molar-refractivity contribution in [3.8, 4) is 5.75 Å². The number of fused-ring (bicyclic) bond motifs is 2. The molecule has 0 unspecified atom stereocenters. The van der Waals surface area contributed by atoms with Gasteiger partial charge in [0.05, 0.1) is 29.5 Å². The molecule has 0 radical (unpaired) electrons. The van der Waals surface area contributed by atoms with Crippen molar-refractivity contribution in [2.45, 2.75) is 57.8 Å². The summed E-state index contributed by atoms with van der Waals surface area (Å²) >= 11 is 6.76. The molecule has 0 aliphatic carbocycles. The van der Waals surface area contributed by atoms with Gasteiger partial charge in [0, 0.05) is 51.2 Å². The minimum atomic E-state index is -0.465. The third-order valence-electron chi connectivity index (χ3n) is 7.93. The predicted octanol–water partition coefficient (Wildman–Crippen LogP) is 4.40. The van der Waals surface area contributed by atoms with Crippen molar-refractivity contribution in [1.82, 2.24) is 19.8 Å². The summed E-state index contributed by atoms with van der Waals surface area (Å²) in [6.45, 7) is 12.4. The second-order valence-electron chi connectivity index (χ2n) is 11.8. The van der Waals surface area contributed by atoms with Crippen LogP contribution in [0.1, 0.15) is 50.7 Å². The number of halogens is 1. The molecule has 0 bridgehead atoms. The molecule has 11 heteroatoms. The average Bonchev–Trinajstić information content (AvgIpc) is 3.07. The first-order chi connectivity index (χ1) is 18.7. The second-order valence-corrected chi connectivity index (χ2v) is 12.2. The van der Waals surface area contributed by atoms with Crippen molar-refractivity contribution in [2.75, 3.05) is 62.7 Å². The molecular formula is C28H37ClN6O4. The molecule has 3 fully saturated rings. The lowest BCUT2D eigenvalue weighted by Gasteiger charge is -2.47.